The molecule has 0 bridgehead atoms. The van der Waals surface area contributed by atoms with Gasteiger partial charge >= 0.3 is 6.09 Å². The number of hydrogen-bond donors (Lipinski definition) is 3. The third kappa shape index (κ3) is 4.88. The summed E-state index contributed by atoms with van der Waals surface area (Å²) in [6.07, 6.45) is -0.454. The van der Waals surface area contributed by atoms with Gasteiger partial charge in [-0.2, -0.15) is 0 Å². The molecule has 1 fully saturated rings. The Morgan fingerprint density at radius 2 is 2.03 bits per heavy atom. The molecule has 0 aliphatic carbocycles. The van der Waals surface area contributed by atoms with Gasteiger partial charge in [0.15, 0.2) is 0 Å². The van der Waals surface area contributed by atoms with Crippen LogP contribution in [0.5, 0.6) is 0 Å². The van der Waals surface area contributed by atoms with Crippen molar-refractivity contribution >= 4 is 35.4 Å². The summed E-state index contributed by atoms with van der Waals surface area (Å²) in [4.78, 5) is 59.7. The molecule has 0 aromatic heterocycles. The van der Waals surface area contributed by atoms with Crippen LogP contribution in [-0.2, 0) is 30.4 Å². The van der Waals surface area contributed by atoms with Crippen molar-refractivity contribution in [2.45, 2.75) is 25.4 Å². The van der Waals surface area contributed by atoms with E-state index in [1.165, 1.54) is 4.90 Å². The molecule has 2 aliphatic rings. The molecule has 2 heterocycles. The van der Waals surface area contributed by atoms with Crippen molar-refractivity contribution in [3.8, 4) is 0 Å². The van der Waals surface area contributed by atoms with E-state index >= 15 is 0 Å². The number of benzene rings is 1. The topological polar surface area (TPSA) is 157 Å². The molecule has 0 spiro atoms. The van der Waals surface area contributed by atoms with Gasteiger partial charge in [0.25, 0.3) is 5.91 Å². The predicted octanol–water partition coefficient (Wildman–Crippen LogP) is -0.502. The molecule has 11 heteroatoms. The highest BCUT2D eigenvalue weighted by atomic mass is 16.6. The summed E-state index contributed by atoms with van der Waals surface area (Å²) in [5.74, 6) is -1.53. The van der Waals surface area contributed by atoms with Crippen LogP contribution < -0.4 is 16.4 Å². The first-order valence-corrected chi connectivity index (χ1v) is 8.92. The monoisotopic (exact) mass is 404 g/mol. The lowest BCUT2D eigenvalue weighted by atomic mass is 10.0. The zero-order valence-electron chi connectivity index (χ0n) is 15.4. The lowest BCUT2D eigenvalue weighted by molar-refractivity contribution is -0.137. The van der Waals surface area contributed by atoms with Gasteiger partial charge in [0.05, 0.1) is 6.61 Å². The van der Waals surface area contributed by atoms with Crippen molar-refractivity contribution in [1.29, 1.82) is 0 Å². The van der Waals surface area contributed by atoms with Crippen LogP contribution in [0.3, 0.4) is 0 Å². The number of nitrogens with two attached hydrogens (primary N) is 1. The fraction of sp³-hybridized carbons (Fsp3) is 0.389. The maximum atomic E-state index is 12.6. The summed E-state index contributed by atoms with van der Waals surface area (Å²) < 4.78 is 9.54. The largest absolute Gasteiger partial charge is 0.447 e. The second kappa shape index (κ2) is 8.69. The lowest BCUT2D eigenvalue weighted by Gasteiger charge is -2.29. The number of hydrogen-bond acceptors (Lipinski definition) is 7. The highest BCUT2D eigenvalue weighted by molar-refractivity contribution is 6.05. The standard InChI is InChI=1S/C18H20N4O7/c19-18(27)29-6-5-28-9-15(24)20-11-1-2-12-10(7-11)8-22(17(12)26)13-3-4-14(23)21-16(13)25/h1-2,7,13H,3-6,8-9H2,(H2,19,27)(H,20,24)(H,21,23,25). The fourth-order valence-corrected chi connectivity index (χ4v) is 3.22. The molecular formula is C18H20N4O7. The van der Waals surface area contributed by atoms with Crippen molar-refractivity contribution in [2.24, 2.45) is 5.73 Å². The van der Waals surface area contributed by atoms with E-state index in [1.54, 1.807) is 18.2 Å². The molecule has 0 saturated carbocycles. The van der Waals surface area contributed by atoms with Crippen molar-refractivity contribution in [1.82, 2.24) is 10.2 Å². The SMILES string of the molecule is NC(=O)OCCOCC(=O)Nc1ccc2c(c1)CN(C1CCC(=O)NC1=O)C2=O. The van der Waals surface area contributed by atoms with Crippen LogP contribution in [0.4, 0.5) is 10.5 Å². The first-order valence-electron chi connectivity index (χ1n) is 8.92. The van der Waals surface area contributed by atoms with Gasteiger partial charge in [-0.1, -0.05) is 0 Å². The Balaban J connectivity index is 1.55. The molecule has 5 amide bonds. The van der Waals surface area contributed by atoms with Crippen LogP contribution in [-0.4, -0.2) is 60.5 Å². The van der Waals surface area contributed by atoms with Crippen LogP contribution in [0.25, 0.3) is 0 Å². The zero-order valence-corrected chi connectivity index (χ0v) is 15.4. The number of amides is 5. The third-order valence-electron chi connectivity index (χ3n) is 4.51. The van der Waals surface area contributed by atoms with E-state index < -0.39 is 23.9 Å². The minimum Gasteiger partial charge on any atom is -0.447 e. The average molecular weight is 404 g/mol. The summed E-state index contributed by atoms with van der Waals surface area (Å²) in [6.45, 7) is -0.0681. The van der Waals surface area contributed by atoms with Crippen molar-refractivity contribution in [3.63, 3.8) is 0 Å². The quantitative estimate of drug-likeness (QED) is 0.408. The van der Waals surface area contributed by atoms with E-state index in [1.807, 2.05) is 0 Å². The summed E-state index contributed by atoms with van der Waals surface area (Å²) in [6, 6.07) is 4.13. The maximum Gasteiger partial charge on any atom is 0.404 e. The minimum absolute atomic E-state index is 0.0238. The van der Waals surface area contributed by atoms with E-state index in [2.05, 4.69) is 15.4 Å². The number of primary amides is 1. The predicted molar refractivity (Wildman–Crippen MR) is 97.5 cm³/mol. The lowest BCUT2D eigenvalue weighted by Crippen LogP contribution is -2.52. The highest BCUT2D eigenvalue weighted by Crippen LogP contribution is 2.29. The summed E-state index contributed by atoms with van der Waals surface area (Å²) in [5.41, 5.74) is 6.40. The van der Waals surface area contributed by atoms with Crippen LogP contribution in [0.2, 0.25) is 0 Å². The van der Waals surface area contributed by atoms with Gasteiger partial charge in [0.1, 0.15) is 19.3 Å². The molecule has 3 rings (SSSR count). The number of rotatable bonds is 7. The van der Waals surface area contributed by atoms with Gasteiger partial charge in [-0.05, 0) is 30.2 Å². The normalized spacial score (nSPS) is 18.3. The van der Waals surface area contributed by atoms with Crippen molar-refractivity contribution in [3.05, 3.63) is 29.3 Å². The molecule has 11 nitrogen and oxygen atoms in total. The maximum absolute atomic E-state index is 12.6. The number of ether oxygens (including phenoxy) is 2. The summed E-state index contributed by atoms with van der Waals surface area (Å²) in [7, 11) is 0. The Labute approximate surface area is 165 Å². The Kier molecular flexibility index (Phi) is 6.07. The second-order valence-corrected chi connectivity index (χ2v) is 6.54. The Bertz CT molecular complexity index is 870. The molecule has 1 aromatic rings. The first-order chi connectivity index (χ1) is 13.8. The summed E-state index contributed by atoms with van der Waals surface area (Å²) in [5, 5.41) is 4.89. The number of imide groups is 1. The van der Waals surface area contributed by atoms with Gasteiger partial charge < -0.3 is 25.4 Å². The summed E-state index contributed by atoms with van der Waals surface area (Å²) >= 11 is 0. The van der Waals surface area contributed by atoms with E-state index in [9.17, 15) is 24.0 Å². The number of fused-ring (bicyclic) bond motifs is 1. The molecule has 1 atom stereocenters. The molecule has 1 unspecified atom stereocenters. The molecule has 4 N–H and O–H groups in total. The fourth-order valence-electron chi connectivity index (χ4n) is 3.22. The molecule has 154 valence electrons. The van der Waals surface area contributed by atoms with Crippen LogP contribution in [0.1, 0.15) is 28.8 Å². The van der Waals surface area contributed by atoms with Crippen LogP contribution in [0.15, 0.2) is 18.2 Å². The number of nitrogens with one attached hydrogen (secondary N) is 2. The van der Waals surface area contributed by atoms with Gasteiger partial charge in [-0.3, -0.25) is 24.5 Å². The average Bonchev–Trinajstić information content (AvgIpc) is 2.97. The Morgan fingerprint density at radius 3 is 2.76 bits per heavy atom. The Hall–Kier alpha value is -3.47. The molecule has 29 heavy (non-hydrogen) atoms. The zero-order chi connectivity index (χ0) is 21.0. The van der Waals surface area contributed by atoms with Gasteiger partial charge in [0, 0.05) is 24.2 Å². The van der Waals surface area contributed by atoms with Crippen LogP contribution in [0, 0.1) is 0 Å². The number of carbonyl (C=O) groups excluding carboxylic acids is 5. The van der Waals surface area contributed by atoms with E-state index in [0.717, 1.165) is 0 Å². The Morgan fingerprint density at radius 1 is 1.24 bits per heavy atom. The molecular weight excluding hydrogens is 384 g/mol. The third-order valence-corrected chi connectivity index (χ3v) is 4.51. The molecule has 0 radical (unpaired) electrons. The number of piperidine rings is 1. The molecule has 1 aromatic carbocycles. The minimum atomic E-state index is -0.919. The van der Waals surface area contributed by atoms with E-state index in [4.69, 9.17) is 10.5 Å². The number of nitrogens with zero attached hydrogens (tertiary/aromatic N) is 1. The van der Waals surface area contributed by atoms with Gasteiger partial charge in [0.2, 0.25) is 17.7 Å². The second-order valence-electron chi connectivity index (χ2n) is 6.54. The van der Waals surface area contributed by atoms with Crippen LogP contribution >= 0.6 is 0 Å². The molecule has 2 aliphatic heterocycles. The number of anilines is 1. The van der Waals surface area contributed by atoms with Crippen molar-refractivity contribution in [2.75, 3.05) is 25.1 Å². The van der Waals surface area contributed by atoms with E-state index in [-0.39, 0.29) is 51.0 Å². The molecule has 1 saturated heterocycles. The van der Waals surface area contributed by atoms with Gasteiger partial charge in [-0.15, -0.1) is 0 Å². The van der Waals surface area contributed by atoms with Crippen molar-refractivity contribution < 1.29 is 33.4 Å². The highest BCUT2D eigenvalue weighted by Gasteiger charge is 2.39. The first kappa shape index (κ1) is 20.3. The smallest absolute Gasteiger partial charge is 0.404 e. The van der Waals surface area contributed by atoms with Gasteiger partial charge in [-0.25, -0.2) is 4.79 Å². The number of carbonyl (C=O) groups is 5. The van der Waals surface area contributed by atoms with E-state index in [0.29, 0.717) is 16.8 Å².